The average molecular weight is 322 g/mol. The highest BCUT2D eigenvalue weighted by atomic mass is 16.7. The Morgan fingerprint density at radius 1 is 1.30 bits per heavy atom. The second kappa shape index (κ2) is 8.99. The van der Waals surface area contributed by atoms with Gasteiger partial charge in [0.15, 0.2) is 11.5 Å². The van der Waals surface area contributed by atoms with Crippen LogP contribution >= 0.6 is 0 Å². The predicted molar refractivity (Wildman–Crippen MR) is 85.1 cm³/mol. The van der Waals surface area contributed by atoms with E-state index in [0.29, 0.717) is 36.8 Å². The second-order valence-corrected chi connectivity index (χ2v) is 4.90. The summed E-state index contributed by atoms with van der Waals surface area (Å²) in [4.78, 5) is 16.6. The van der Waals surface area contributed by atoms with Crippen LogP contribution in [-0.4, -0.2) is 45.6 Å². The molecule has 7 nitrogen and oxygen atoms in total. The number of hydrogen-bond acceptors (Lipinski definition) is 6. The Morgan fingerprint density at radius 3 is 2.91 bits per heavy atom. The molecular weight excluding hydrogens is 300 g/mol. The molecule has 0 unspecified atom stereocenters. The van der Waals surface area contributed by atoms with Gasteiger partial charge in [-0.3, -0.25) is 10.1 Å². The molecule has 23 heavy (non-hydrogen) atoms. The number of unbranched alkanes of at least 4 members (excludes halogenated alkanes) is 1. The molecule has 2 rings (SSSR count). The number of amides is 1. The maximum atomic E-state index is 12.3. The van der Waals surface area contributed by atoms with Gasteiger partial charge in [-0.05, 0) is 24.6 Å². The van der Waals surface area contributed by atoms with Crippen LogP contribution in [0.15, 0.2) is 23.2 Å². The van der Waals surface area contributed by atoms with Gasteiger partial charge in [0, 0.05) is 19.2 Å². The Kier molecular flexibility index (Phi) is 6.68. The summed E-state index contributed by atoms with van der Waals surface area (Å²) in [6.07, 6.45) is 1.95. The number of fused-ring (bicyclic) bond motifs is 1. The van der Waals surface area contributed by atoms with Crippen LogP contribution < -0.4 is 14.8 Å². The lowest BCUT2D eigenvalue weighted by Crippen LogP contribution is -2.33. The maximum absolute atomic E-state index is 12.3. The number of ether oxygens (including phenoxy) is 4. The molecule has 1 aromatic carbocycles. The fourth-order valence-corrected chi connectivity index (χ4v) is 1.89. The molecule has 1 aliphatic rings. The van der Waals surface area contributed by atoms with E-state index in [0.717, 1.165) is 12.8 Å². The SMILES string of the molecule is CCCCN=C(NC(=O)c1ccc2c(c1)OCO2)OCCOC. The first-order chi connectivity index (χ1) is 11.2. The number of nitrogens with zero attached hydrogens (tertiary/aromatic N) is 1. The molecule has 0 bridgehead atoms. The number of amidine groups is 1. The number of carbonyl (C=O) groups is 1. The van der Waals surface area contributed by atoms with Gasteiger partial charge < -0.3 is 18.9 Å². The molecule has 0 aliphatic carbocycles. The Labute approximate surface area is 135 Å². The molecular formula is C16H22N2O5. The molecule has 0 fully saturated rings. The van der Waals surface area contributed by atoms with Crippen molar-refractivity contribution in [2.24, 2.45) is 4.99 Å². The van der Waals surface area contributed by atoms with Gasteiger partial charge in [0.05, 0.1) is 6.61 Å². The molecule has 7 heteroatoms. The lowest BCUT2D eigenvalue weighted by molar-refractivity contribution is 0.0953. The molecule has 0 saturated heterocycles. The van der Waals surface area contributed by atoms with Gasteiger partial charge >= 0.3 is 0 Å². The minimum Gasteiger partial charge on any atom is -0.463 e. The summed E-state index contributed by atoms with van der Waals surface area (Å²) in [6, 6.07) is 5.22. The van der Waals surface area contributed by atoms with E-state index in [9.17, 15) is 4.79 Å². The molecule has 1 aromatic rings. The zero-order valence-corrected chi connectivity index (χ0v) is 13.5. The van der Waals surface area contributed by atoms with E-state index in [1.54, 1.807) is 25.3 Å². The predicted octanol–water partition coefficient (Wildman–Crippen LogP) is 1.96. The maximum Gasteiger partial charge on any atom is 0.291 e. The quantitative estimate of drug-likeness (QED) is 0.472. The largest absolute Gasteiger partial charge is 0.463 e. The van der Waals surface area contributed by atoms with E-state index in [4.69, 9.17) is 18.9 Å². The lowest BCUT2D eigenvalue weighted by Gasteiger charge is -2.11. The van der Waals surface area contributed by atoms with Crippen LogP contribution in [0, 0.1) is 0 Å². The van der Waals surface area contributed by atoms with Crippen molar-refractivity contribution in [3.8, 4) is 11.5 Å². The second-order valence-electron chi connectivity index (χ2n) is 4.90. The monoisotopic (exact) mass is 322 g/mol. The van der Waals surface area contributed by atoms with Crippen molar-refractivity contribution >= 4 is 11.9 Å². The fraction of sp³-hybridized carbons (Fsp3) is 0.500. The van der Waals surface area contributed by atoms with Gasteiger partial charge in [0.2, 0.25) is 6.79 Å². The van der Waals surface area contributed by atoms with Crippen LogP contribution in [0.3, 0.4) is 0 Å². The summed E-state index contributed by atoms with van der Waals surface area (Å²) in [6.45, 7) is 3.59. The van der Waals surface area contributed by atoms with Crippen molar-refractivity contribution in [1.82, 2.24) is 5.32 Å². The highest BCUT2D eigenvalue weighted by Gasteiger charge is 2.17. The molecule has 0 atom stereocenters. The van der Waals surface area contributed by atoms with E-state index in [1.807, 2.05) is 0 Å². The molecule has 1 heterocycles. The van der Waals surface area contributed by atoms with Crippen molar-refractivity contribution in [1.29, 1.82) is 0 Å². The number of carbonyl (C=O) groups excluding carboxylic acids is 1. The zero-order valence-electron chi connectivity index (χ0n) is 13.5. The number of aliphatic imine (C=N–C) groups is 1. The topological polar surface area (TPSA) is 78.4 Å². The first-order valence-corrected chi connectivity index (χ1v) is 7.61. The highest BCUT2D eigenvalue weighted by molar-refractivity contribution is 6.04. The minimum absolute atomic E-state index is 0.171. The first kappa shape index (κ1) is 17.1. The van der Waals surface area contributed by atoms with E-state index in [-0.39, 0.29) is 18.7 Å². The Balaban J connectivity index is 1.99. The van der Waals surface area contributed by atoms with Crippen molar-refractivity contribution < 1.29 is 23.7 Å². The lowest BCUT2D eigenvalue weighted by atomic mass is 10.2. The summed E-state index contributed by atoms with van der Waals surface area (Å²) >= 11 is 0. The van der Waals surface area contributed by atoms with E-state index in [1.165, 1.54) is 0 Å². The third-order valence-corrected chi connectivity index (χ3v) is 3.15. The molecule has 0 saturated carbocycles. The minimum atomic E-state index is -0.309. The van der Waals surface area contributed by atoms with Gasteiger partial charge in [-0.1, -0.05) is 13.3 Å². The van der Waals surface area contributed by atoms with Crippen LogP contribution in [0.5, 0.6) is 11.5 Å². The molecule has 1 N–H and O–H groups in total. The number of rotatable bonds is 7. The van der Waals surface area contributed by atoms with Crippen molar-refractivity contribution in [2.45, 2.75) is 19.8 Å². The summed E-state index contributed by atoms with van der Waals surface area (Å²) in [5.41, 5.74) is 0.452. The molecule has 126 valence electrons. The van der Waals surface area contributed by atoms with Gasteiger partial charge in [-0.25, -0.2) is 4.99 Å². The molecule has 1 aliphatic heterocycles. The molecule has 0 aromatic heterocycles. The Morgan fingerprint density at radius 2 is 2.13 bits per heavy atom. The van der Waals surface area contributed by atoms with Crippen LogP contribution in [0.2, 0.25) is 0 Å². The normalized spacial score (nSPS) is 13.0. The summed E-state index contributed by atoms with van der Waals surface area (Å²) in [5.74, 6) is 0.883. The Bertz CT molecular complexity index is 559. The third-order valence-electron chi connectivity index (χ3n) is 3.15. The van der Waals surface area contributed by atoms with Gasteiger partial charge in [-0.2, -0.15) is 0 Å². The average Bonchev–Trinajstić information content (AvgIpc) is 3.02. The van der Waals surface area contributed by atoms with Crippen LogP contribution in [0.1, 0.15) is 30.1 Å². The van der Waals surface area contributed by atoms with Crippen molar-refractivity contribution in [3.05, 3.63) is 23.8 Å². The van der Waals surface area contributed by atoms with E-state index >= 15 is 0 Å². The zero-order chi connectivity index (χ0) is 16.5. The smallest absolute Gasteiger partial charge is 0.291 e. The number of hydrogen-bond donors (Lipinski definition) is 1. The summed E-state index contributed by atoms with van der Waals surface area (Å²) in [7, 11) is 1.59. The third kappa shape index (κ3) is 5.14. The van der Waals surface area contributed by atoms with E-state index in [2.05, 4.69) is 17.2 Å². The highest BCUT2D eigenvalue weighted by Crippen LogP contribution is 2.32. The van der Waals surface area contributed by atoms with Crippen LogP contribution in [0.4, 0.5) is 0 Å². The van der Waals surface area contributed by atoms with Gasteiger partial charge in [0.25, 0.3) is 11.9 Å². The molecule has 0 radical (unpaired) electrons. The van der Waals surface area contributed by atoms with Crippen molar-refractivity contribution in [3.63, 3.8) is 0 Å². The van der Waals surface area contributed by atoms with Gasteiger partial charge in [0.1, 0.15) is 6.61 Å². The van der Waals surface area contributed by atoms with Gasteiger partial charge in [-0.15, -0.1) is 0 Å². The number of methoxy groups -OCH3 is 1. The van der Waals surface area contributed by atoms with Crippen LogP contribution in [-0.2, 0) is 9.47 Å². The summed E-state index contributed by atoms with van der Waals surface area (Å²) in [5, 5.41) is 2.68. The molecule has 0 spiro atoms. The fourth-order valence-electron chi connectivity index (χ4n) is 1.89. The summed E-state index contributed by atoms with van der Waals surface area (Å²) < 4.78 is 20.9. The first-order valence-electron chi connectivity index (χ1n) is 7.61. The van der Waals surface area contributed by atoms with Crippen LogP contribution in [0.25, 0.3) is 0 Å². The number of nitrogens with one attached hydrogen (secondary N) is 1. The standard InChI is InChI=1S/C16H22N2O5/c1-3-4-7-17-16(21-9-8-20-2)18-15(19)12-5-6-13-14(10-12)23-11-22-13/h5-6,10H,3-4,7-9,11H2,1-2H3,(H,17,18,19). The molecule has 1 amide bonds. The number of benzene rings is 1. The Hall–Kier alpha value is -2.28. The van der Waals surface area contributed by atoms with E-state index < -0.39 is 0 Å². The van der Waals surface area contributed by atoms with Crippen molar-refractivity contribution in [2.75, 3.05) is 33.7 Å².